The minimum atomic E-state index is -1.03. The number of phenolic OH excluding ortho intramolecular Hbond substituents is 1. The Bertz CT molecular complexity index is 1640. The molecule has 0 aromatic heterocycles. The number of phenols is 1. The molecule has 0 saturated carbocycles. The zero-order chi connectivity index (χ0) is 29.6. The van der Waals surface area contributed by atoms with Crippen LogP contribution >= 0.6 is 0 Å². The third kappa shape index (κ3) is 6.40. The molecular weight excluding hydrogens is 556 g/mol. The Morgan fingerprint density at radius 1 is 0.905 bits per heavy atom. The van der Waals surface area contributed by atoms with E-state index >= 15 is 0 Å². The van der Waals surface area contributed by atoms with Gasteiger partial charge in [0, 0.05) is 35.2 Å². The number of ketones is 1. The van der Waals surface area contributed by atoms with Crippen molar-refractivity contribution in [3.8, 4) is 33.9 Å². The summed E-state index contributed by atoms with van der Waals surface area (Å²) in [5.41, 5.74) is 0.576. The van der Waals surface area contributed by atoms with E-state index in [1.807, 2.05) is 0 Å². The SMILES string of the molecule is O=CC(=O)CN1CCOCCOCCOCCOc2cc(-c3c4cc(F)c(=O)cc-4oc4cc(O)c(F)cc34)ccc21. The first kappa shape index (κ1) is 29.1. The molecule has 2 aromatic rings. The second-order valence-corrected chi connectivity index (χ2v) is 9.43. The fraction of sp³-hybridized carbons (Fsp3) is 0.300. The number of halogens is 2. The van der Waals surface area contributed by atoms with Crippen molar-refractivity contribution in [1.82, 2.24) is 0 Å². The van der Waals surface area contributed by atoms with Gasteiger partial charge in [-0.2, -0.15) is 0 Å². The second-order valence-electron chi connectivity index (χ2n) is 9.43. The summed E-state index contributed by atoms with van der Waals surface area (Å²) >= 11 is 0. The molecule has 0 saturated heterocycles. The number of anilines is 1. The summed E-state index contributed by atoms with van der Waals surface area (Å²) in [5.74, 6) is -2.95. The molecule has 2 aromatic carbocycles. The lowest BCUT2D eigenvalue weighted by molar-refractivity contribution is -0.128. The quantitative estimate of drug-likeness (QED) is 0.217. The van der Waals surface area contributed by atoms with Crippen LogP contribution in [0.4, 0.5) is 14.5 Å². The van der Waals surface area contributed by atoms with E-state index in [1.165, 1.54) is 0 Å². The van der Waals surface area contributed by atoms with Gasteiger partial charge >= 0.3 is 0 Å². The molecule has 0 bridgehead atoms. The van der Waals surface area contributed by atoms with E-state index in [4.69, 9.17) is 23.4 Å². The van der Waals surface area contributed by atoms with Crippen LogP contribution in [0.15, 0.2) is 51.7 Å². The molecule has 0 amide bonds. The highest BCUT2D eigenvalue weighted by Gasteiger charge is 2.23. The van der Waals surface area contributed by atoms with Crippen LogP contribution in [0, 0.1) is 11.6 Å². The third-order valence-corrected chi connectivity index (χ3v) is 6.64. The van der Waals surface area contributed by atoms with Gasteiger partial charge in [0.15, 0.2) is 23.7 Å². The predicted octanol–water partition coefficient (Wildman–Crippen LogP) is 3.57. The molecule has 2 heterocycles. The van der Waals surface area contributed by atoms with Gasteiger partial charge in [-0.05, 0) is 29.8 Å². The van der Waals surface area contributed by atoms with Gasteiger partial charge in [0.05, 0.1) is 51.9 Å². The Labute approximate surface area is 238 Å². The molecule has 42 heavy (non-hydrogen) atoms. The Morgan fingerprint density at radius 3 is 2.36 bits per heavy atom. The molecule has 1 N–H and O–H groups in total. The van der Waals surface area contributed by atoms with E-state index in [0.29, 0.717) is 49.0 Å². The molecule has 2 aliphatic heterocycles. The maximum atomic E-state index is 14.6. The number of hydrogen-bond acceptors (Lipinski definition) is 10. The van der Waals surface area contributed by atoms with Crippen LogP contribution in [-0.2, 0) is 23.8 Å². The number of carbonyl (C=O) groups excluding carboxylic acids is 2. The van der Waals surface area contributed by atoms with E-state index in [-0.39, 0.29) is 61.5 Å². The standard InChI is InChI=1S/C30H27F2NO9/c31-22-12-20-27(14-25(22)36)42-28-15-26(37)23(32)13-21(28)30(20)18-1-2-24-29(11-18)41-10-9-40-8-7-39-6-5-38-4-3-33(24)16-19(35)17-34/h1-2,11-15,17,36H,3-10,16H2. The molecule has 0 atom stereocenters. The zero-order valence-electron chi connectivity index (χ0n) is 22.4. The van der Waals surface area contributed by atoms with E-state index in [2.05, 4.69) is 0 Å². The van der Waals surface area contributed by atoms with Gasteiger partial charge < -0.3 is 33.4 Å². The van der Waals surface area contributed by atoms with Crippen LogP contribution in [0.3, 0.4) is 0 Å². The number of ether oxygens (including phenoxy) is 4. The average molecular weight is 584 g/mol. The largest absolute Gasteiger partial charge is 0.505 e. The first-order chi connectivity index (χ1) is 20.4. The van der Waals surface area contributed by atoms with Gasteiger partial charge in [0.2, 0.25) is 11.2 Å². The maximum absolute atomic E-state index is 14.6. The monoisotopic (exact) mass is 583 g/mol. The topological polar surface area (TPSA) is 125 Å². The number of fused-ring (bicyclic) bond motifs is 3. The van der Waals surface area contributed by atoms with Crippen molar-refractivity contribution in [2.45, 2.75) is 0 Å². The molecule has 0 unspecified atom stereocenters. The highest BCUT2D eigenvalue weighted by atomic mass is 19.1. The van der Waals surface area contributed by atoms with Gasteiger partial charge in [-0.1, -0.05) is 6.07 Å². The lowest BCUT2D eigenvalue weighted by Gasteiger charge is -2.26. The van der Waals surface area contributed by atoms with Crippen molar-refractivity contribution in [2.75, 3.05) is 64.2 Å². The number of nitrogens with zero attached hydrogens (tertiary/aromatic N) is 1. The summed E-state index contributed by atoms with van der Waals surface area (Å²) in [6, 6.07) is 9.07. The first-order valence-corrected chi connectivity index (χ1v) is 13.2. The molecule has 5 rings (SSSR count). The van der Waals surface area contributed by atoms with Crippen LogP contribution in [0.1, 0.15) is 0 Å². The van der Waals surface area contributed by atoms with Crippen LogP contribution in [0.2, 0.25) is 0 Å². The molecule has 0 fully saturated rings. The molecular formula is C30H27F2NO9. The lowest BCUT2D eigenvalue weighted by Crippen LogP contribution is -2.34. The van der Waals surface area contributed by atoms with Crippen molar-refractivity contribution >= 4 is 28.7 Å². The molecule has 0 spiro atoms. The summed E-state index contributed by atoms with van der Waals surface area (Å²) in [5, 5.41) is 10.2. The van der Waals surface area contributed by atoms with Gasteiger partial charge in [0.1, 0.15) is 23.7 Å². The highest BCUT2D eigenvalue weighted by molar-refractivity contribution is 6.26. The van der Waals surface area contributed by atoms with Crippen molar-refractivity contribution in [2.24, 2.45) is 0 Å². The van der Waals surface area contributed by atoms with Gasteiger partial charge in [-0.25, -0.2) is 8.78 Å². The Kier molecular flexibility index (Phi) is 9.06. The number of Topliss-reactive ketones (excluding diaryl/α,β-unsaturated/α-hetero) is 1. The second kappa shape index (κ2) is 13.1. The zero-order valence-corrected chi connectivity index (χ0v) is 22.4. The fourth-order valence-corrected chi connectivity index (χ4v) is 4.70. The smallest absolute Gasteiger partial charge is 0.217 e. The van der Waals surface area contributed by atoms with Gasteiger partial charge in [0.25, 0.3) is 0 Å². The maximum Gasteiger partial charge on any atom is 0.217 e. The van der Waals surface area contributed by atoms with Gasteiger partial charge in [-0.3, -0.25) is 14.4 Å². The Hall–Kier alpha value is -4.39. The number of aromatic hydroxyl groups is 1. The van der Waals surface area contributed by atoms with Crippen LogP contribution < -0.4 is 15.1 Å². The molecule has 10 nitrogen and oxygen atoms in total. The Balaban J connectivity index is 1.67. The molecule has 12 heteroatoms. The van der Waals surface area contributed by atoms with Crippen molar-refractivity contribution in [3.63, 3.8) is 0 Å². The van der Waals surface area contributed by atoms with Crippen molar-refractivity contribution in [1.29, 1.82) is 0 Å². The molecule has 3 aliphatic rings. The van der Waals surface area contributed by atoms with Crippen LogP contribution in [0.25, 0.3) is 33.4 Å². The first-order valence-electron chi connectivity index (χ1n) is 13.2. The molecule has 1 aliphatic carbocycles. The van der Waals surface area contributed by atoms with E-state index < -0.39 is 28.6 Å². The van der Waals surface area contributed by atoms with Gasteiger partial charge in [-0.15, -0.1) is 0 Å². The van der Waals surface area contributed by atoms with Crippen LogP contribution in [-0.4, -0.2) is 76.5 Å². The summed E-state index contributed by atoms with van der Waals surface area (Å²) in [7, 11) is 0. The van der Waals surface area contributed by atoms with E-state index in [1.54, 1.807) is 23.1 Å². The predicted molar refractivity (Wildman–Crippen MR) is 147 cm³/mol. The number of carbonyl (C=O) groups is 2. The minimum Gasteiger partial charge on any atom is -0.505 e. The number of hydrogen-bond donors (Lipinski definition) is 1. The minimum absolute atomic E-state index is 0.0259. The van der Waals surface area contributed by atoms with E-state index in [0.717, 1.165) is 24.3 Å². The van der Waals surface area contributed by atoms with Crippen LogP contribution in [0.5, 0.6) is 11.5 Å². The number of benzene rings is 3. The average Bonchev–Trinajstić information content (AvgIpc) is 2.98. The Morgan fingerprint density at radius 2 is 1.62 bits per heavy atom. The lowest BCUT2D eigenvalue weighted by atomic mass is 9.93. The number of rotatable bonds is 4. The summed E-state index contributed by atoms with van der Waals surface area (Å²) in [6.45, 7) is 1.96. The summed E-state index contributed by atoms with van der Waals surface area (Å²) in [4.78, 5) is 37.1. The van der Waals surface area contributed by atoms with Crippen molar-refractivity contribution < 1.29 is 46.8 Å². The third-order valence-electron chi connectivity index (χ3n) is 6.64. The molecule has 0 radical (unpaired) electrons. The summed E-state index contributed by atoms with van der Waals surface area (Å²) in [6.07, 6.45) is 0.238. The van der Waals surface area contributed by atoms with E-state index in [9.17, 15) is 28.3 Å². The number of aldehydes is 1. The molecule has 220 valence electrons. The fourth-order valence-electron chi connectivity index (χ4n) is 4.70. The van der Waals surface area contributed by atoms with Crippen molar-refractivity contribution in [3.05, 3.63) is 64.3 Å². The summed E-state index contributed by atoms with van der Waals surface area (Å²) < 4.78 is 57.5. The normalized spacial score (nSPS) is 15.4. The highest BCUT2D eigenvalue weighted by Crippen LogP contribution is 2.44.